The van der Waals surface area contributed by atoms with E-state index in [4.69, 9.17) is 0 Å². The van der Waals surface area contributed by atoms with Crippen molar-refractivity contribution in [1.29, 1.82) is 0 Å². The Morgan fingerprint density at radius 2 is 1.85 bits per heavy atom. The minimum atomic E-state index is -2.91. The van der Waals surface area contributed by atoms with Crippen LogP contribution in [0.25, 0.3) is 0 Å². The number of hydrogen-bond donors (Lipinski definition) is 1. The van der Waals surface area contributed by atoms with E-state index in [0.29, 0.717) is 6.04 Å². The zero-order valence-corrected chi connectivity index (χ0v) is 13.4. The molecule has 1 saturated heterocycles. The van der Waals surface area contributed by atoms with Crippen molar-refractivity contribution in [2.75, 3.05) is 25.9 Å². The minimum absolute atomic E-state index is 0.123. The number of rotatable bonds is 6. The molecule has 3 unspecified atom stereocenters. The molecule has 2 saturated carbocycles. The highest BCUT2D eigenvalue weighted by molar-refractivity contribution is 7.91. The molecular formula is C15H28N2O2S. The molecule has 0 bridgehead atoms. The van der Waals surface area contributed by atoms with Gasteiger partial charge in [-0.05, 0) is 51.0 Å². The minimum Gasteiger partial charge on any atom is -0.313 e. The molecule has 0 radical (unpaired) electrons. The highest BCUT2D eigenvalue weighted by atomic mass is 32.2. The van der Waals surface area contributed by atoms with E-state index in [2.05, 4.69) is 10.2 Å². The summed E-state index contributed by atoms with van der Waals surface area (Å²) in [6, 6.07) is 0.850. The standard InChI is InChI=1S/C15H28N2O2S/c1-20(18,19)15-6-2-5-14(15)17(10-12-7-8-12)11-13-4-3-9-16-13/h12-16H,2-11H2,1H3. The second-order valence-electron chi connectivity index (χ2n) is 7.06. The van der Waals surface area contributed by atoms with Crippen LogP contribution in [0.5, 0.6) is 0 Å². The Morgan fingerprint density at radius 3 is 2.45 bits per heavy atom. The van der Waals surface area contributed by atoms with Gasteiger partial charge in [-0.15, -0.1) is 0 Å². The van der Waals surface area contributed by atoms with Gasteiger partial charge in [-0.25, -0.2) is 8.42 Å². The second kappa shape index (κ2) is 5.93. The maximum atomic E-state index is 12.0. The highest BCUT2D eigenvalue weighted by Crippen LogP contribution is 2.35. The smallest absolute Gasteiger partial charge is 0.151 e. The second-order valence-corrected chi connectivity index (χ2v) is 9.32. The normalized spacial score (nSPS) is 35.0. The molecule has 0 aromatic rings. The van der Waals surface area contributed by atoms with E-state index in [-0.39, 0.29) is 11.3 Å². The van der Waals surface area contributed by atoms with Crippen LogP contribution in [0.3, 0.4) is 0 Å². The van der Waals surface area contributed by atoms with Crippen molar-refractivity contribution in [3.8, 4) is 0 Å². The fraction of sp³-hybridized carbons (Fsp3) is 1.00. The van der Waals surface area contributed by atoms with E-state index in [1.54, 1.807) is 0 Å². The van der Waals surface area contributed by atoms with Crippen LogP contribution in [0.15, 0.2) is 0 Å². The molecule has 3 aliphatic rings. The summed E-state index contributed by atoms with van der Waals surface area (Å²) in [6.45, 7) is 3.30. The first kappa shape index (κ1) is 14.8. The highest BCUT2D eigenvalue weighted by Gasteiger charge is 2.40. The summed E-state index contributed by atoms with van der Waals surface area (Å²) in [5.41, 5.74) is 0. The number of sulfone groups is 1. The Labute approximate surface area is 123 Å². The van der Waals surface area contributed by atoms with E-state index in [0.717, 1.165) is 44.8 Å². The predicted molar refractivity (Wildman–Crippen MR) is 81.6 cm³/mol. The summed E-state index contributed by atoms with van der Waals surface area (Å²) in [5.74, 6) is 0.831. The first-order chi connectivity index (χ1) is 9.54. The average Bonchev–Trinajstić information content (AvgIpc) is 2.89. The van der Waals surface area contributed by atoms with Crippen molar-refractivity contribution in [2.45, 2.75) is 62.3 Å². The third-order valence-corrected chi connectivity index (χ3v) is 6.89. The van der Waals surface area contributed by atoms with Gasteiger partial charge in [0.1, 0.15) is 0 Å². The van der Waals surface area contributed by atoms with Crippen LogP contribution in [0, 0.1) is 5.92 Å². The molecule has 0 aromatic heterocycles. The molecule has 1 aliphatic heterocycles. The van der Waals surface area contributed by atoms with Crippen molar-refractivity contribution in [1.82, 2.24) is 10.2 Å². The molecule has 3 fully saturated rings. The Bertz CT molecular complexity index is 427. The van der Waals surface area contributed by atoms with Gasteiger partial charge < -0.3 is 5.32 Å². The van der Waals surface area contributed by atoms with Crippen LogP contribution in [0.2, 0.25) is 0 Å². The Hall–Kier alpha value is -0.130. The van der Waals surface area contributed by atoms with Gasteiger partial charge >= 0.3 is 0 Å². The van der Waals surface area contributed by atoms with Crippen molar-refractivity contribution < 1.29 is 8.42 Å². The Balaban J connectivity index is 1.69. The summed E-state index contributed by atoms with van der Waals surface area (Å²) < 4.78 is 24.1. The molecule has 1 heterocycles. The first-order valence-electron chi connectivity index (χ1n) is 8.20. The molecule has 1 N–H and O–H groups in total. The monoisotopic (exact) mass is 300 g/mol. The third kappa shape index (κ3) is 3.55. The average molecular weight is 300 g/mol. The molecule has 3 rings (SSSR count). The molecule has 0 spiro atoms. The summed E-state index contributed by atoms with van der Waals surface area (Å²) in [7, 11) is -2.91. The van der Waals surface area contributed by atoms with Crippen molar-refractivity contribution in [3.05, 3.63) is 0 Å². The van der Waals surface area contributed by atoms with E-state index < -0.39 is 9.84 Å². The van der Waals surface area contributed by atoms with Gasteiger partial charge in [-0.1, -0.05) is 6.42 Å². The molecule has 2 aliphatic carbocycles. The Kier molecular flexibility index (Phi) is 4.39. The van der Waals surface area contributed by atoms with Crippen molar-refractivity contribution >= 4 is 9.84 Å². The summed E-state index contributed by atoms with van der Waals surface area (Å²) in [6.07, 6.45) is 9.62. The summed E-state index contributed by atoms with van der Waals surface area (Å²) >= 11 is 0. The first-order valence-corrected chi connectivity index (χ1v) is 10.2. The lowest BCUT2D eigenvalue weighted by Gasteiger charge is -2.34. The zero-order valence-electron chi connectivity index (χ0n) is 12.6. The molecule has 0 aromatic carbocycles. The van der Waals surface area contributed by atoms with Gasteiger partial charge in [0.15, 0.2) is 9.84 Å². The van der Waals surface area contributed by atoms with Crippen LogP contribution < -0.4 is 5.32 Å². The molecule has 4 nitrogen and oxygen atoms in total. The van der Waals surface area contributed by atoms with Crippen LogP contribution in [0.1, 0.15) is 44.9 Å². The molecule has 3 atom stereocenters. The predicted octanol–water partition coefficient (Wildman–Crippen LogP) is 1.42. The molecular weight excluding hydrogens is 272 g/mol. The lowest BCUT2D eigenvalue weighted by atomic mass is 10.1. The molecule has 0 amide bonds. The quantitative estimate of drug-likeness (QED) is 0.806. The van der Waals surface area contributed by atoms with Gasteiger partial charge in [0, 0.05) is 31.4 Å². The van der Waals surface area contributed by atoms with E-state index in [1.807, 2.05) is 0 Å². The summed E-state index contributed by atoms with van der Waals surface area (Å²) in [5, 5.41) is 3.44. The van der Waals surface area contributed by atoms with Gasteiger partial charge in [-0.2, -0.15) is 0 Å². The number of nitrogens with zero attached hydrogens (tertiary/aromatic N) is 1. The van der Waals surface area contributed by atoms with E-state index >= 15 is 0 Å². The van der Waals surface area contributed by atoms with Gasteiger partial charge in [-0.3, -0.25) is 4.90 Å². The SMILES string of the molecule is CS(=O)(=O)C1CCCC1N(CC1CC1)CC1CCCN1. The molecule has 20 heavy (non-hydrogen) atoms. The fourth-order valence-corrected chi connectivity index (χ4v) is 5.47. The zero-order chi connectivity index (χ0) is 14.2. The van der Waals surface area contributed by atoms with Gasteiger partial charge in [0.2, 0.25) is 0 Å². The van der Waals surface area contributed by atoms with Crippen LogP contribution in [0.4, 0.5) is 0 Å². The van der Waals surface area contributed by atoms with Crippen molar-refractivity contribution in [3.63, 3.8) is 0 Å². The summed E-state index contributed by atoms with van der Waals surface area (Å²) in [4.78, 5) is 2.53. The molecule has 116 valence electrons. The lowest BCUT2D eigenvalue weighted by Crippen LogP contribution is -2.49. The maximum absolute atomic E-state index is 12.0. The van der Waals surface area contributed by atoms with Crippen LogP contribution in [-0.4, -0.2) is 56.5 Å². The van der Waals surface area contributed by atoms with E-state index in [1.165, 1.54) is 31.9 Å². The maximum Gasteiger partial charge on any atom is 0.151 e. The van der Waals surface area contributed by atoms with Crippen molar-refractivity contribution in [2.24, 2.45) is 5.92 Å². The largest absolute Gasteiger partial charge is 0.313 e. The lowest BCUT2D eigenvalue weighted by molar-refractivity contribution is 0.175. The van der Waals surface area contributed by atoms with Gasteiger partial charge in [0.05, 0.1) is 5.25 Å². The van der Waals surface area contributed by atoms with Crippen LogP contribution in [-0.2, 0) is 9.84 Å². The third-order valence-electron chi connectivity index (χ3n) is 5.24. The fourth-order valence-electron chi connectivity index (χ4n) is 4.00. The number of nitrogens with one attached hydrogen (secondary N) is 1. The topological polar surface area (TPSA) is 49.4 Å². The Morgan fingerprint density at radius 1 is 1.05 bits per heavy atom. The molecule has 5 heteroatoms. The van der Waals surface area contributed by atoms with Crippen LogP contribution >= 0.6 is 0 Å². The van der Waals surface area contributed by atoms with Gasteiger partial charge in [0.25, 0.3) is 0 Å². The van der Waals surface area contributed by atoms with E-state index in [9.17, 15) is 8.42 Å². The number of hydrogen-bond acceptors (Lipinski definition) is 4.